The molecule has 7 heteroatoms. The van der Waals surface area contributed by atoms with Crippen LogP contribution in [0.25, 0.3) is 10.2 Å². The quantitative estimate of drug-likeness (QED) is 0.782. The van der Waals surface area contributed by atoms with E-state index < -0.39 is 5.91 Å². The number of carbonyl (C=O) groups is 1. The van der Waals surface area contributed by atoms with Crippen LogP contribution in [0.4, 0.5) is 5.13 Å². The molecule has 0 saturated carbocycles. The van der Waals surface area contributed by atoms with E-state index in [-0.39, 0.29) is 15.6 Å². The molecule has 3 aromatic heterocycles. The topological polar surface area (TPSA) is 72.2 Å². The molecular formula is C11H6N2O3S2. The van der Waals surface area contributed by atoms with Gasteiger partial charge in [0.1, 0.15) is 4.70 Å². The number of carbonyl (C=O) groups excluding carboxylic acids is 1. The first kappa shape index (κ1) is 11.1. The van der Waals surface area contributed by atoms with Gasteiger partial charge < -0.3 is 4.42 Å². The summed E-state index contributed by atoms with van der Waals surface area (Å²) in [6.07, 6.45) is 1.41. The highest BCUT2D eigenvalue weighted by Crippen LogP contribution is 2.20. The minimum Gasteiger partial charge on any atom is -0.459 e. The molecule has 1 N–H and O–H groups in total. The summed E-state index contributed by atoms with van der Waals surface area (Å²) in [5.41, 5.74) is 0.596. The van der Waals surface area contributed by atoms with Crippen molar-refractivity contribution in [2.45, 2.75) is 0 Å². The summed E-state index contributed by atoms with van der Waals surface area (Å²) in [5.74, 6) is -0.236. The molecule has 0 atom stereocenters. The van der Waals surface area contributed by atoms with Gasteiger partial charge >= 0.3 is 0 Å². The Labute approximate surface area is 109 Å². The lowest BCUT2D eigenvalue weighted by Gasteiger charge is -2.00. The van der Waals surface area contributed by atoms with E-state index in [0.717, 1.165) is 11.3 Å². The third kappa shape index (κ3) is 1.93. The number of thiophene rings is 1. The first-order valence-electron chi connectivity index (χ1n) is 4.97. The average molecular weight is 278 g/mol. The van der Waals surface area contributed by atoms with Crippen LogP contribution in [0.1, 0.15) is 10.6 Å². The Kier molecular flexibility index (Phi) is 2.69. The van der Waals surface area contributed by atoms with E-state index in [1.807, 2.05) is 0 Å². The fourth-order valence-electron chi connectivity index (χ4n) is 1.43. The third-order valence-electron chi connectivity index (χ3n) is 2.21. The molecule has 0 unspecified atom stereocenters. The van der Waals surface area contributed by atoms with Crippen LogP contribution >= 0.6 is 22.7 Å². The van der Waals surface area contributed by atoms with Gasteiger partial charge in [-0.15, -0.1) is 11.3 Å². The van der Waals surface area contributed by atoms with Crippen LogP contribution in [-0.2, 0) is 0 Å². The number of hydrogen-bond acceptors (Lipinski definition) is 6. The van der Waals surface area contributed by atoms with Gasteiger partial charge in [-0.2, -0.15) is 0 Å². The van der Waals surface area contributed by atoms with Crippen LogP contribution in [0.15, 0.2) is 39.1 Å². The van der Waals surface area contributed by atoms with Crippen molar-refractivity contribution in [1.29, 1.82) is 0 Å². The van der Waals surface area contributed by atoms with Crippen molar-refractivity contribution in [2.75, 3.05) is 5.32 Å². The molecule has 0 aliphatic rings. The number of nitrogens with one attached hydrogen (secondary N) is 1. The maximum Gasteiger partial charge on any atom is 0.293 e. The van der Waals surface area contributed by atoms with Crippen molar-refractivity contribution in [1.82, 2.24) is 4.98 Å². The Hall–Kier alpha value is -1.99. The predicted octanol–water partition coefficient (Wildman–Crippen LogP) is 2.56. The van der Waals surface area contributed by atoms with E-state index in [1.165, 1.54) is 17.6 Å². The van der Waals surface area contributed by atoms with Gasteiger partial charge in [0.25, 0.3) is 10.6 Å². The molecule has 0 aromatic carbocycles. The molecule has 0 aliphatic carbocycles. The van der Waals surface area contributed by atoms with E-state index in [1.54, 1.807) is 23.6 Å². The van der Waals surface area contributed by atoms with Crippen LogP contribution < -0.4 is 10.1 Å². The van der Waals surface area contributed by atoms with Crippen LogP contribution in [0.2, 0.25) is 0 Å². The normalized spacial score (nSPS) is 10.7. The monoisotopic (exact) mass is 278 g/mol. The van der Waals surface area contributed by atoms with Gasteiger partial charge in [0.05, 0.1) is 11.8 Å². The highest BCUT2D eigenvalue weighted by molar-refractivity contribution is 7.21. The zero-order valence-electron chi connectivity index (χ0n) is 8.88. The summed E-state index contributed by atoms with van der Waals surface area (Å²) in [4.78, 5) is 27.7. The Morgan fingerprint density at radius 2 is 2.28 bits per heavy atom. The van der Waals surface area contributed by atoms with Crippen LogP contribution in [-0.4, -0.2) is 10.9 Å². The molecule has 0 bridgehead atoms. The largest absolute Gasteiger partial charge is 0.459 e. The summed E-state index contributed by atoms with van der Waals surface area (Å²) in [5, 5.41) is 4.61. The summed E-state index contributed by atoms with van der Waals surface area (Å²) >= 11 is 2.25. The number of amides is 1. The molecule has 0 aliphatic heterocycles. The Bertz CT molecular complexity index is 758. The highest BCUT2D eigenvalue weighted by atomic mass is 32.1. The number of rotatable bonds is 2. The van der Waals surface area contributed by atoms with Crippen molar-refractivity contribution >= 4 is 43.9 Å². The minimum atomic E-state index is -0.419. The van der Waals surface area contributed by atoms with Crippen molar-refractivity contribution < 1.29 is 9.21 Å². The molecule has 18 heavy (non-hydrogen) atoms. The Morgan fingerprint density at radius 1 is 1.39 bits per heavy atom. The average Bonchev–Trinajstić information content (AvgIpc) is 2.99. The van der Waals surface area contributed by atoms with Crippen molar-refractivity contribution in [2.24, 2.45) is 0 Å². The first-order valence-corrected chi connectivity index (χ1v) is 6.67. The second-order valence-electron chi connectivity index (χ2n) is 3.37. The molecule has 5 nitrogen and oxygen atoms in total. The molecule has 0 spiro atoms. The van der Waals surface area contributed by atoms with Crippen LogP contribution in [0.5, 0.6) is 0 Å². The predicted molar refractivity (Wildman–Crippen MR) is 70.4 cm³/mol. The van der Waals surface area contributed by atoms with E-state index in [9.17, 15) is 9.59 Å². The molecule has 90 valence electrons. The summed E-state index contributed by atoms with van der Waals surface area (Å²) in [6, 6.07) is 4.91. The summed E-state index contributed by atoms with van der Waals surface area (Å²) in [7, 11) is 0. The van der Waals surface area contributed by atoms with Gasteiger partial charge in [0, 0.05) is 0 Å². The van der Waals surface area contributed by atoms with Gasteiger partial charge in [-0.1, -0.05) is 11.3 Å². The molecule has 1 amide bonds. The fourth-order valence-corrected chi connectivity index (χ4v) is 3.02. The molecular weight excluding hydrogens is 272 g/mol. The number of anilines is 1. The van der Waals surface area contributed by atoms with Gasteiger partial charge in [-0.3, -0.25) is 14.9 Å². The van der Waals surface area contributed by atoms with Gasteiger partial charge in [-0.25, -0.2) is 4.98 Å². The number of nitrogens with zero attached hydrogens (tertiary/aromatic N) is 1. The minimum absolute atomic E-state index is 0.107. The van der Waals surface area contributed by atoms with Crippen molar-refractivity contribution in [3.63, 3.8) is 0 Å². The van der Waals surface area contributed by atoms with Gasteiger partial charge in [0.2, 0.25) is 0 Å². The smallest absolute Gasteiger partial charge is 0.293 e. The first-order chi connectivity index (χ1) is 8.74. The van der Waals surface area contributed by atoms with Crippen molar-refractivity contribution in [3.05, 3.63) is 45.1 Å². The number of furan rings is 1. The fraction of sp³-hybridized carbons (Fsp3) is 0. The SMILES string of the molecule is O=C(Nc1nc2ccsc2c(=O)s1)c1ccco1. The van der Waals surface area contributed by atoms with Gasteiger partial charge in [0.15, 0.2) is 10.9 Å². The van der Waals surface area contributed by atoms with E-state index in [2.05, 4.69) is 10.3 Å². The molecule has 0 radical (unpaired) electrons. The zero-order valence-corrected chi connectivity index (χ0v) is 10.5. The summed E-state index contributed by atoms with van der Waals surface area (Å²) < 4.78 is 5.46. The van der Waals surface area contributed by atoms with Crippen molar-refractivity contribution in [3.8, 4) is 0 Å². The second kappa shape index (κ2) is 4.35. The lowest BCUT2D eigenvalue weighted by Crippen LogP contribution is -2.12. The lowest BCUT2D eigenvalue weighted by atomic mass is 10.4. The second-order valence-corrected chi connectivity index (χ2v) is 5.25. The van der Waals surface area contributed by atoms with Gasteiger partial charge in [-0.05, 0) is 23.6 Å². The van der Waals surface area contributed by atoms with Crippen LogP contribution in [0.3, 0.4) is 0 Å². The lowest BCUT2D eigenvalue weighted by molar-refractivity contribution is 0.0996. The maximum atomic E-state index is 11.7. The number of aromatic nitrogens is 1. The highest BCUT2D eigenvalue weighted by Gasteiger charge is 2.12. The molecule has 0 fully saturated rings. The van der Waals surface area contributed by atoms with Crippen LogP contribution in [0, 0.1) is 0 Å². The zero-order chi connectivity index (χ0) is 12.5. The number of hydrogen-bond donors (Lipinski definition) is 1. The Balaban J connectivity index is 1.95. The maximum absolute atomic E-state index is 11.7. The molecule has 3 aromatic rings. The third-order valence-corrected chi connectivity index (χ3v) is 4.01. The number of fused-ring (bicyclic) bond motifs is 1. The van der Waals surface area contributed by atoms with E-state index >= 15 is 0 Å². The van der Waals surface area contributed by atoms with E-state index in [4.69, 9.17) is 4.42 Å². The summed E-state index contributed by atoms with van der Waals surface area (Å²) in [6.45, 7) is 0. The Morgan fingerprint density at radius 3 is 3.06 bits per heavy atom. The standard InChI is InChI=1S/C11H6N2O3S2/c14-9(7-2-1-4-16-7)13-11-12-6-3-5-17-8(6)10(15)18-11/h1-5H,(H,12,13,14). The molecule has 0 saturated heterocycles. The molecule has 3 heterocycles. The van der Waals surface area contributed by atoms with E-state index in [0.29, 0.717) is 10.2 Å². The molecule has 3 rings (SSSR count).